The highest BCUT2D eigenvalue weighted by Gasteiger charge is 2.22. The van der Waals surface area contributed by atoms with E-state index in [9.17, 15) is 14.9 Å². The van der Waals surface area contributed by atoms with Crippen molar-refractivity contribution >= 4 is 27.5 Å². The van der Waals surface area contributed by atoms with Gasteiger partial charge in [-0.1, -0.05) is 15.9 Å². The Labute approximate surface area is 125 Å². The van der Waals surface area contributed by atoms with Crippen LogP contribution < -0.4 is 10.6 Å². The number of carbonyl (C=O) groups excluding carboxylic acids is 1. The molecule has 1 aliphatic rings. The fraction of sp³-hybridized carbons (Fsp3) is 0.462. The molecule has 0 spiro atoms. The lowest BCUT2D eigenvalue weighted by Crippen LogP contribution is -2.29. The maximum Gasteiger partial charge on any atom is 0.275 e. The molecule has 0 heterocycles. The van der Waals surface area contributed by atoms with Crippen LogP contribution in [-0.2, 0) is 11.3 Å². The van der Waals surface area contributed by atoms with Crippen molar-refractivity contribution in [3.63, 3.8) is 0 Å². The molecule has 1 aliphatic carbocycles. The van der Waals surface area contributed by atoms with Crippen molar-refractivity contribution in [1.82, 2.24) is 10.6 Å². The first-order valence-corrected chi connectivity index (χ1v) is 7.28. The summed E-state index contributed by atoms with van der Waals surface area (Å²) in [5.41, 5.74) is 0.690. The van der Waals surface area contributed by atoms with Crippen molar-refractivity contribution in [1.29, 1.82) is 0 Å². The molecule has 0 unspecified atom stereocenters. The van der Waals surface area contributed by atoms with E-state index in [4.69, 9.17) is 0 Å². The molecule has 2 rings (SSSR count). The van der Waals surface area contributed by atoms with Crippen LogP contribution in [0.2, 0.25) is 0 Å². The predicted molar refractivity (Wildman–Crippen MR) is 78.3 cm³/mol. The quantitative estimate of drug-likeness (QED) is 0.452. The number of halogens is 1. The van der Waals surface area contributed by atoms with Gasteiger partial charge >= 0.3 is 0 Å². The van der Waals surface area contributed by atoms with E-state index >= 15 is 0 Å². The highest BCUT2D eigenvalue weighted by Crippen LogP contribution is 2.23. The second kappa shape index (κ2) is 6.81. The van der Waals surface area contributed by atoms with Gasteiger partial charge in [0.25, 0.3) is 5.69 Å². The lowest BCUT2D eigenvalue weighted by molar-refractivity contribution is -0.385. The minimum atomic E-state index is -0.401. The van der Waals surface area contributed by atoms with Gasteiger partial charge in [-0.15, -0.1) is 0 Å². The molecule has 7 heteroatoms. The summed E-state index contributed by atoms with van der Waals surface area (Å²) in [5, 5.41) is 16.9. The molecule has 0 bridgehead atoms. The Bertz CT molecular complexity index is 518. The van der Waals surface area contributed by atoms with E-state index in [2.05, 4.69) is 26.6 Å². The van der Waals surface area contributed by atoms with E-state index in [0.717, 1.165) is 12.8 Å². The standard InChI is InChI=1S/C13H16BrN3O3/c14-10-2-1-9(12(7-10)17(19)20)8-15-6-5-13(18)16-11-3-4-11/h1-2,7,11,15H,3-6,8H2,(H,16,18). The van der Waals surface area contributed by atoms with Crippen LogP contribution in [0.15, 0.2) is 22.7 Å². The molecule has 1 aromatic rings. The molecule has 1 aromatic carbocycles. The normalized spacial score (nSPS) is 14.1. The van der Waals surface area contributed by atoms with Gasteiger partial charge in [0.1, 0.15) is 0 Å². The Morgan fingerprint density at radius 2 is 2.20 bits per heavy atom. The third-order valence-electron chi connectivity index (χ3n) is 3.03. The average molecular weight is 342 g/mol. The summed E-state index contributed by atoms with van der Waals surface area (Å²) in [4.78, 5) is 22.0. The van der Waals surface area contributed by atoms with Crippen LogP contribution in [-0.4, -0.2) is 23.4 Å². The van der Waals surface area contributed by atoms with Crippen molar-refractivity contribution in [3.8, 4) is 0 Å². The van der Waals surface area contributed by atoms with E-state index < -0.39 is 4.92 Å². The predicted octanol–water partition coefficient (Wildman–Crippen LogP) is 2.12. The molecule has 0 atom stereocenters. The van der Waals surface area contributed by atoms with Gasteiger partial charge in [-0.05, 0) is 25.0 Å². The van der Waals surface area contributed by atoms with E-state index in [0.29, 0.717) is 35.6 Å². The first kappa shape index (κ1) is 14.9. The molecule has 0 saturated heterocycles. The van der Waals surface area contributed by atoms with Crippen molar-refractivity contribution in [2.75, 3.05) is 6.54 Å². The summed E-state index contributed by atoms with van der Waals surface area (Å²) >= 11 is 3.22. The molecular formula is C13H16BrN3O3. The molecule has 1 amide bonds. The van der Waals surface area contributed by atoms with E-state index in [1.807, 2.05) is 0 Å². The lowest BCUT2D eigenvalue weighted by atomic mass is 10.2. The van der Waals surface area contributed by atoms with Gasteiger partial charge in [-0.25, -0.2) is 0 Å². The molecule has 108 valence electrons. The average Bonchev–Trinajstić information content (AvgIpc) is 3.19. The number of nitro groups is 1. The van der Waals surface area contributed by atoms with Crippen LogP contribution in [0.5, 0.6) is 0 Å². The maximum absolute atomic E-state index is 11.5. The number of amides is 1. The number of rotatable bonds is 7. The fourth-order valence-electron chi connectivity index (χ4n) is 1.81. The summed E-state index contributed by atoms with van der Waals surface area (Å²) in [7, 11) is 0. The largest absolute Gasteiger partial charge is 0.353 e. The SMILES string of the molecule is O=C(CCNCc1ccc(Br)cc1[N+](=O)[O-])NC1CC1. The van der Waals surface area contributed by atoms with E-state index in [1.54, 1.807) is 12.1 Å². The molecule has 6 nitrogen and oxygen atoms in total. The van der Waals surface area contributed by atoms with Gasteiger partial charge in [0, 0.05) is 41.7 Å². The Morgan fingerprint density at radius 1 is 1.45 bits per heavy atom. The highest BCUT2D eigenvalue weighted by atomic mass is 79.9. The number of carbonyl (C=O) groups is 1. The second-order valence-corrected chi connectivity index (χ2v) is 5.71. The van der Waals surface area contributed by atoms with Crippen molar-refractivity contribution in [3.05, 3.63) is 38.3 Å². The third-order valence-corrected chi connectivity index (χ3v) is 3.52. The number of nitro benzene ring substituents is 1. The minimum absolute atomic E-state index is 0.0327. The van der Waals surface area contributed by atoms with Crippen LogP contribution in [0.3, 0.4) is 0 Å². The Balaban J connectivity index is 1.78. The van der Waals surface area contributed by atoms with Crippen LogP contribution in [0, 0.1) is 10.1 Å². The van der Waals surface area contributed by atoms with E-state index in [1.165, 1.54) is 6.07 Å². The molecule has 2 N–H and O–H groups in total. The van der Waals surface area contributed by atoms with Gasteiger partial charge < -0.3 is 10.6 Å². The third kappa shape index (κ3) is 4.57. The van der Waals surface area contributed by atoms with Crippen molar-refractivity contribution in [2.45, 2.75) is 31.8 Å². The van der Waals surface area contributed by atoms with Gasteiger partial charge in [-0.3, -0.25) is 14.9 Å². The smallest absolute Gasteiger partial charge is 0.275 e. The second-order valence-electron chi connectivity index (χ2n) is 4.80. The Hall–Kier alpha value is -1.47. The topological polar surface area (TPSA) is 84.3 Å². The zero-order valence-corrected chi connectivity index (χ0v) is 12.5. The van der Waals surface area contributed by atoms with Crippen molar-refractivity contribution < 1.29 is 9.72 Å². The molecule has 1 fully saturated rings. The summed E-state index contributed by atoms with van der Waals surface area (Å²) < 4.78 is 0.678. The number of nitrogens with one attached hydrogen (secondary N) is 2. The Kier molecular flexibility index (Phi) is 5.08. The van der Waals surface area contributed by atoms with E-state index in [-0.39, 0.29) is 11.6 Å². The maximum atomic E-state index is 11.5. The number of benzene rings is 1. The zero-order valence-electron chi connectivity index (χ0n) is 10.9. The molecule has 20 heavy (non-hydrogen) atoms. The first-order chi connectivity index (χ1) is 9.56. The van der Waals surface area contributed by atoms with Gasteiger partial charge in [0.15, 0.2) is 0 Å². The van der Waals surface area contributed by atoms with Crippen molar-refractivity contribution in [2.24, 2.45) is 0 Å². The van der Waals surface area contributed by atoms with Gasteiger partial charge in [0.05, 0.1) is 4.92 Å². The lowest BCUT2D eigenvalue weighted by Gasteiger charge is -2.06. The molecule has 0 aromatic heterocycles. The summed E-state index contributed by atoms with van der Waals surface area (Å²) in [6.07, 6.45) is 2.54. The molecule has 0 aliphatic heterocycles. The van der Waals surface area contributed by atoms with Crippen LogP contribution >= 0.6 is 15.9 Å². The van der Waals surface area contributed by atoms with Gasteiger partial charge in [-0.2, -0.15) is 0 Å². The zero-order chi connectivity index (χ0) is 14.5. The Morgan fingerprint density at radius 3 is 2.85 bits per heavy atom. The fourth-order valence-corrected chi connectivity index (χ4v) is 2.16. The summed E-state index contributed by atoms with van der Waals surface area (Å²) in [6.45, 7) is 0.881. The number of hydrogen-bond donors (Lipinski definition) is 2. The number of hydrogen-bond acceptors (Lipinski definition) is 4. The first-order valence-electron chi connectivity index (χ1n) is 6.49. The molecule has 1 saturated carbocycles. The molecule has 0 radical (unpaired) electrons. The monoisotopic (exact) mass is 341 g/mol. The van der Waals surface area contributed by atoms with Gasteiger partial charge in [0.2, 0.25) is 5.91 Å². The highest BCUT2D eigenvalue weighted by molar-refractivity contribution is 9.10. The summed E-state index contributed by atoms with van der Waals surface area (Å²) in [6, 6.07) is 5.33. The van der Waals surface area contributed by atoms with Crippen LogP contribution in [0.4, 0.5) is 5.69 Å². The minimum Gasteiger partial charge on any atom is -0.353 e. The van der Waals surface area contributed by atoms with Crippen LogP contribution in [0.25, 0.3) is 0 Å². The molecular weight excluding hydrogens is 326 g/mol. The number of nitrogens with zero attached hydrogens (tertiary/aromatic N) is 1. The summed E-state index contributed by atoms with van der Waals surface area (Å²) in [5.74, 6) is 0.0327. The van der Waals surface area contributed by atoms with Crippen LogP contribution in [0.1, 0.15) is 24.8 Å².